The summed E-state index contributed by atoms with van der Waals surface area (Å²) in [5, 5.41) is 9.37. The first kappa shape index (κ1) is 18.4. The summed E-state index contributed by atoms with van der Waals surface area (Å²) in [4.78, 5) is 22.2. The number of hydrogen-bond acceptors (Lipinski definition) is 5. The number of rotatable bonds is 4. The molecule has 1 N–H and O–H groups in total. The number of hydrogen-bond donors (Lipinski definition) is 1. The number of aliphatic hydroxyl groups is 1. The van der Waals surface area contributed by atoms with Gasteiger partial charge in [0.05, 0.1) is 18.9 Å². The van der Waals surface area contributed by atoms with Gasteiger partial charge < -0.3 is 19.1 Å². The van der Waals surface area contributed by atoms with Gasteiger partial charge in [-0.1, -0.05) is 6.07 Å². The molecule has 0 radical (unpaired) electrons. The van der Waals surface area contributed by atoms with Crippen molar-refractivity contribution in [1.82, 2.24) is 19.2 Å². The van der Waals surface area contributed by atoms with E-state index in [-0.39, 0.29) is 12.5 Å². The molecule has 0 aromatic carbocycles. The summed E-state index contributed by atoms with van der Waals surface area (Å²) in [6.45, 7) is 7.29. The Morgan fingerprint density at radius 1 is 1.26 bits per heavy atom. The standard InChI is InChI=1S/C20H28N4O3/c1-15-3-2-6-24-17(13-22-7-4-16(14-25)5-8-22)18(21-19(15)24)20(26)23-9-11-27-12-10-23/h2-3,6,16,25H,4-5,7-14H2,1H3. The Labute approximate surface area is 159 Å². The lowest BCUT2D eigenvalue weighted by Gasteiger charge is -2.31. The van der Waals surface area contributed by atoms with E-state index >= 15 is 0 Å². The van der Waals surface area contributed by atoms with Crippen LogP contribution in [0.25, 0.3) is 5.65 Å². The molecule has 0 aliphatic carbocycles. The van der Waals surface area contributed by atoms with Gasteiger partial charge >= 0.3 is 0 Å². The highest BCUT2D eigenvalue weighted by atomic mass is 16.5. The number of fused-ring (bicyclic) bond motifs is 1. The van der Waals surface area contributed by atoms with Gasteiger partial charge in [-0.3, -0.25) is 9.69 Å². The lowest BCUT2D eigenvalue weighted by Crippen LogP contribution is -2.41. The Balaban J connectivity index is 1.65. The number of imidazole rings is 1. The van der Waals surface area contributed by atoms with Gasteiger partial charge in [0, 0.05) is 32.4 Å². The van der Waals surface area contributed by atoms with E-state index in [1.165, 1.54) is 0 Å². The van der Waals surface area contributed by atoms with Crippen LogP contribution in [0.2, 0.25) is 0 Å². The van der Waals surface area contributed by atoms with E-state index in [9.17, 15) is 9.90 Å². The van der Waals surface area contributed by atoms with Crippen molar-refractivity contribution in [2.24, 2.45) is 5.92 Å². The molecule has 2 aromatic heterocycles. The summed E-state index contributed by atoms with van der Waals surface area (Å²) in [6, 6.07) is 4.04. The lowest BCUT2D eigenvalue weighted by molar-refractivity contribution is 0.0297. The Hall–Kier alpha value is -1.96. The molecular formula is C20H28N4O3. The molecule has 4 heterocycles. The predicted octanol–water partition coefficient (Wildman–Crippen LogP) is 1.32. The zero-order valence-electron chi connectivity index (χ0n) is 15.9. The quantitative estimate of drug-likeness (QED) is 0.877. The zero-order chi connectivity index (χ0) is 18.8. The van der Waals surface area contributed by atoms with Crippen molar-refractivity contribution in [3.8, 4) is 0 Å². The normalized spacial score (nSPS) is 19.7. The van der Waals surface area contributed by atoms with Gasteiger partial charge in [0.1, 0.15) is 5.65 Å². The van der Waals surface area contributed by atoms with Gasteiger partial charge in [0.2, 0.25) is 0 Å². The van der Waals surface area contributed by atoms with Crippen LogP contribution in [-0.4, -0.2) is 76.2 Å². The Morgan fingerprint density at radius 3 is 2.70 bits per heavy atom. The number of aliphatic hydroxyl groups excluding tert-OH is 1. The number of aromatic nitrogens is 2. The SMILES string of the molecule is Cc1cccn2c(CN3CCC(CO)CC3)c(C(=O)N3CCOCC3)nc12. The Bertz CT molecular complexity index is 805. The number of likely N-dealkylation sites (tertiary alicyclic amines) is 1. The van der Waals surface area contributed by atoms with Crippen LogP contribution in [0.5, 0.6) is 0 Å². The van der Waals surface area contributed by atoms with Crippen LogP contribution in [-0.2, 0) is 11.3 Å². The fourth-order valence-electron chi connectivity index (χ4n) is 4.03. The summed E-state index contributed by atoms with van der Waals surface area (Å²) < 4.78 is 7.46. The number of amides is 1. The molecule has 2 aliphatic heterocycles. The maximum Gasteiger partial charge on any atom is 0.274 e. The molecule has 4 rings (SSSR count). The van der Waals surface area contributed by atoms with Gasteiger partial charge in [-0.2, -0.15) is 0 Å². The summed E-state index contributed by atoms with van der Waals surface area (Å²) in [5.74, 6) is 0.404. The third-order valence-corrected chi connectivity index (χ3v) is 5.78. The van der Waals surface area contributed by atoms with Gasteiger partial charge in [-0.15, -0.1) is 0 Å². The van der Waals surface area contributed by atoms with Crippen LogP contribution in [0.3, 0.4) is 0 Å². The molecule has 2 fully saturated rings. The van der Waals surface area contributed by atoms with E-state index in [1.807, 2.05) is 30.2 Å². The number of carbonyl (C=O) groups excluding carboxylic acids is 1. The smallest absolute Gasteiger partial charge is 0.274 e. The van der Waals surface area contributed by atoms with Crippen molar-refractivity contribution in [3.05, 3.63) is 35.3 Å². The lowest BCUT2D eigenvalue weighted by atomic mass is 9.98. The number of piperidine rings is 1. The van der Waals surface area contributed by atoms with E-state index < -0.39 is 0 Å². The van der Waals surface area contributed by atoms with E-state index in [0.29, 0.717) is 44.5 Å². The summed E-state index contributed by atoms with van der Waals surface area (Å²) >= 11 is 0. The van der Waals surface area contributed by atoms with E-state index in [0.717, 1.165) is 42.8 Å². The summed E-state index contributed by atoms with van der Waals surface area (Å²) in [5.41, 5.74) is 3.45. The maximum atomic E-state index is 13.2. The van der Waals surface area contributed by atoms with E-state index in [1.54, 1.807) is 0 Å². The fourth-order valence-corrected chi connectivity index (χ4v) is 4.03. The van der Waals surface area contributed by atoms with Crippen LogP contribution < -0.4 is 0 Å². The largest absolute Gasteiger partial charge is 0.396 e. The van der Waals surface area contributed by atoms with Gasteiger partial charge in [0.15, 0.2) is 5.69 Å². The number of ether oxygens (including phenoxy) is 1. The minimum Gasteiger partial charge on any atom is -0.396 e. The summed E-state index contributed by atoms with van der Waals surface area (Å²) in [6.07, 6.45) is 4.00. The molecule has 1 amide bonds. The minimum absolute atomic E-state index is 0.00152. The van der Waals surface area contributed by atoms with Crippen molar-refractivity contribution in [2.45, 2.75) is 26.3 Å². The van der Waals surface area contributed by atoms with E-state index in [2.05, 4.69) is 9.30 Å². The minimum atomic E-state index is 0.00152. The average molecular weight is 372 g/mol. The third-order valence-electron chi connectivity index (χ3n) is 5.78. The third kappa shape index (κ3) is 3.72. The first-order valence-electron chi connectivity index (χ1n) is 9.84. The van der Waals surface area contributed by atoms with Crippen LogP contribution in [0.4, 0.5) is 0 Å². The van der Waals surface area contributed by atoms with Crippen LogP contribution in [0.15, 0.2) is 18.3 Å². The number of pyridine rings is 1. The molecule has 2 saturated heterocycles. The molecule has 0 atom stereocenters. The highest BCUT2D eigenvalue weighted by Crippen LogP contribution is 2.23. The zero-order valence-corrected chi connectivity index (χ0v) is 15.9. The molecule has 0 spiro atoms. The predicted molar refractivity (Wildman–Crippen MR) is 102 cm³/mol. The molecule has 2 aromatic rings. The molecule has 146 valence electrons. The number of aryl methyl sites for hydroxylation is 1. The average Bonchev–Trinajstić information content (AvgIpc) is 3.08. The van der Waals surface area contributed by atoms with Crippen molar-refractivity contribution < 1.29 is 14.6 Å². The van der Waals surface area contributed by atoms with Crippen LogP contribution in [0, 0.1) is 12.8 Å². The molecular weight excluding hydrogens is 344 g/mol. The van der Waals surface area contributed by atoms with Crippen LogP contribution >= 0.6 is 0 Å². The molecule has 0 bridgehead atoms. The molecule has 27 heavy (non-hydrogen) atoms. The molecule has 0 saturated carbocycles. The first-order valence-corrected chi connectivity index (χ1v) is 9.84. The molecule has 7 nitrogen and oxygen atoms in total. The molecule has 2 aliphatic rings. The van der Waals surface area contributed by atoms with Crippen molar-refractivity contribution in [3.63, 3.8) is 0 Å². The number of carbonyl (C=O) groups is 1. The highest BCUT2D eigenvalue weighted by Gasteiger charge is 2.28. The Morgan fingerprint density at radius 2 is 2.00 bits per heavy atom. The first-order chi connectivity index (χ1) is 13.2. The fraction of sp³-hybridized carbons (Fsp3) is 0.600. The second-order valence-electron chi connectivity index (χ2n) is 7.60. The summed E-state index contributed by atoms with van der Waals surface area (Å²) in [7, 11) is 0. The van der Waals surface area contributed by atoms with Crippen molar-refractivity contribution in [1.29, 1.82) is 0 Å². The van der Waals surface area contributed by atoms with Crippen LogP contribution in [0.1, 0.15) is 34.6 Å². The molecule has 7 heteroatoms. The van der Waals surface area contributed by atoms with Gasteiger partial charge in [-0.05, 0) is 50.4 Å². The van der Waals surface area contributed by atoms with Gasteiger partial charge in [0.25, 0.3) is 5.91 Å². The van der Waals surface area contributed by atoms with Gasteiger partial charge in [-0.25, -0.2) is 4.98 Å². The highest BCUT2D eigenvalue weighted by molar-refractivity contribution is 5.94. The molecule has 0 unspecified atom stereocenters. The number of nitrogens with zero attached hydrogens (tertiary/aromatic N) is 4. The number of morpholine rings is 1. The topological polar surface area (TPSA) is 70.3 Å². The second-order valence-corrected chi connectivity index (χ2v) is 7.60. The van der Waals surface area contributed by atoms with E-state index in [4.69, 9.17) is 9.72 Å². The maximum absolute atomic E-state index is 13.2. The van der Waals surface area contributed by atoms with Crippen molar-refractivity contribution in [2.75, 3.05) is 46.0 Å². The second kappa shape index (κ2) is 7.96. The monoisotopic (exact) mass is 372 g/mol. The Kier molecular flexibility index (Phi) is 5.43. The van der Waals surface area contributed by atoms with Crippen molar-refractivity contribution >= 4 is 11.6 Å².